The van der Waals surface area contributed by atoms with Gasteiger partial charge in [-0.15, -0.1) is 0 Å². The highest BCUT2D eigenvalue weighted by Gasteiger charge is 2.12. The number of methoxy groups -OCH3 is 3. The second-order valence-electron chi connectivity index (χ2n) is 4.17. The Bertz CT molecular complexity index is 424. The zero-order valence-electron chi connectivity index (χ0n) is 12.4. The van der Waals surface area contributed by atoms with Gasteiger partial charge in [-0.3, -0.25) is 4.79 Å². The predicted octanol–water partition coefficient (Wildman–Crippen LogP) is 0.938. The lowest BCUT2D eigenvalue weighted by atomic mass is 10.1. The van der Waals surface area contributed by atoms with E-state index in [0.717, 1.165) is 5.56 Å². The standard InChI is InChI=1S/C14H22N2O4/c1-10(17)16-6-5-15-9-12-13(19-3)7-11(18-2)8-14(12)20-4/h7-8,15H,5-6,9H2,1-4H3,(H,16,17). The summed E-state index contributed by atoms with van der Waals surface area (Å²) in [5.74, 6) is 2.05. The molecule has 0 aliphatic heterocycles. The van der Waals surface area contributed by atoms with Crippen LogP contribution in [0.15, 0.2) is 12.1 Å². The van der Waals surface area contributed by atoms with Gasteiger partial charge in [-0.1, -0.05) is 0 Å². The number of hydrogen-bond donors (Lipinski definition) is 2. The van der Waals surface area contributed by atoms with E-state index < -0.39 is 0 Å². The van der Waals surface area contributed by atoms with Gasteiger partial charge < -0.3 is 24.8 Å². The van der Waals surface area contributed by atoms with Crippen molar-refractivity contribution in [1.82, 2.24) is 10.6 Å². The molecular formula is C14H22N2O4. The first-order chi connectivity index (χ1) is 9.62. The minimum absolute atomic E-state index is 0.0357. The molecule has 0 heterocycles. The van der Waals surface area contributed by atoms with Crippen LogP contribution in [-0.4, -0.2) is 40.3 Å². The fraction of sp³-hybridized carbons (Fsp3) is 0.500. The fourth-order valence-corrected chi connectivity index (χ4v) is 1.79. The van der Waals surface area contributed by atoms with Crippen LogP contribution >= 0.6 is 0 Å². The van der Waals surface area contributed by atoms with Gasteiger partial charge in [0.1, 0.15) is 17.2 Å². The smallest absolute Gasteiger partial charge is 0.216 e. The van der Waals surface area contributed by atoms with Crippen molar-refractivity contribution >= 4 is 5.91 Å². The molecule has 0 saturated carbocycles. The third-order valence-corrected chi connectivity index (χ3v) is 2.79. The van der Waals surface area contributed by atoms with Crippen LogP contribution in [0, 0.1) is 0 Å². The topological polar surface area (TPSA) is 68.8 Å². The van der Waals surface area contributed by atoms with Crippen molar-refractivity contribution in [3.8, 4) is 17.2 Å². The third kappa shape index (κ3) is 4.62. The van der Waals surface area contributed by atoms with E-state index in [1.165, 1.54) is 6.92 Å². The highest BCUT2D eigenvalue weighted by atomic mass is 16.5. The Hall–Kier alpha value is -1.95. The Kier molecular flexibility index (Phi) is 6.66. The summed E-state index contributed by atoms with van der Waals surface area (Å²) in [6.45, 7) is 3.32. The number of carbonyl (C=O) groups excluding carboxylic acids is 1. The Morgan fingerprint density at radius 3 is 2.10 bits per heavy atom. The molecule has 0 radical (unpaired) electrons. The van der Waals surface area contributed by atoms with E-state index >= 15 is 0 Å². The number of carbonyl (C=O) groups is 1. The Labute approximate surface area is 119 Å². The summed E-state index contributed by atoms with van der Waals surface area (Å²) >= 11 is 0. The molecule has 0 spiro atoms. The SMILES string of the molecule is COc1cc(OC)c(CNCCNC(C)=O)c(OC)c1. The molecule has 6 heteroatoms. The summed E-state index contributed by atoms with van der Waals surface area (Å²) in [6, 6.07) is 3.63. The lowest BCUT2D eigenvalue weighted by Gasteiger charge is -2.15. The van der Waals surface area contributed by atoms with Gasteiger partial charge in [-0.25, -0.2) is 0 Å². The van der Waals surface area contributed by atoms with Crippen LogP contribution in [0.3, 0.4) is 0 Å². The molecule has 1 aromatic rings. The van der Waals surface area contributed by atoms with Gasteiger partial charge >= 0.3 is 0 Å². The van der Waals surface area contributed by atoms with Crippen LogP contribution in [0.1, 0.15) is 12.5 Å². The summed E-state index contributed by atoms with van der Waals surface area (Å²) < 4.78 is 15.9. The van der Waals surface area contributed by atoms with Gasteiger partial charge in [-0.2, -0.15) is 0 Å². The lowest BCUT2D eigenvalue weighted by molar-refractivity contribution is -0.118. The molecule has 20 heavy (non-hydrogen) atoms. The second-order valence-corrected chi connectivity index (χ2v) is 4.17. The monoisotopic (exact) mass is 282 g/mol. The van der Waals surface area contributed by atoms with Crippen LogP contribution < -0.4 is 24.8 Å². The van der Waals surface area contributed by atoms with Crippen LogP contribution in [0.4, 0.5) is 0 Å². The van der Waals surface area contributed by atoms with Crippen LogP contribution in [0.5, 0.6) is 17.2 Å². The van der Waals surface area contributed by atoms with Crippen LogP contribution in [-0.2, 0) is 11.3 Å². The fourth-order valence-electron chi connectivity index (χ4n) is 1.79. The first kappa shape index (κ1) is 16.1. The molecule has 0 aromatic heterocycles. The Morgan fingerprint density at radius 1 is 1.05 bits per heavy atom. The van der Waals surface area contributed by atoms with Crippen molar-refractivity contribution in [3.05, 3.63) is 17.7 Å². The molecule has 0 atom stereocenters. The Morgan fingerprint density at radius 2 is 1.65 bits per heavy atom. The van der Waals surface area contributed by atoms with Gasteiger partial charge in [0.05, 0.1) is 26.9 Å². The molecule has 0 saturated heterocycles. The summed E-state index contributed by atoms with van der Waals surface area (Å²) in [5, 5.41) is 5.95. The quantitative estimate of drug-likeness (QED) is 0.694. The number of benzene rings is 1. The van der Waals surface area contributed by atoms with E-state index in [1.807, 2.05) is 12.1 Å². The van der Waals surface area contributed by atoms with Crippen molar-refractivity contribution in [2.45, 2.75) is 13.5 Å². The zero-order chi connectivity index (χ0) is 15.0. The maximum Gasteiger partial charge on any atom is 0.216 e. The average molecular weight is 282 g/mol. The second kappa shape index (κ2) is 8.27. The highest BCUT2D eigenvalue weighted by Crippen LogP contribution is 2.33. The number of hydrogen-bond acceptors (Lipinski definition) is 5. The Balaban J connectivity index is 2.69. The lowest BCUT2D eigenvalue weighted by Crippen LogP contribution is -2.30. The van der Waals surface area contributed by atoms with E-state index in [-0.39, 0.29) is 5.91 Å². The zero-order valence-corrected chi connectivity index (χ0v) is 12.4. The first-order valence-electron chi connectivity index (χ1n) is 6.36. The first-order valence-corrected chi connectivity index (χ1v) is 6.36. The predicted molar refractivity (Wildman–Crippen MR) is 76.5 cm³/mol. The van der Waals surface area contributed by atoms with E-state index in [2.05, 4.69) is 10.6 Å². The molecule has 0 fully saturated rings. The van der Waals surface area contributed by atoms with Crippen LogP contribution in [0.2, 0.25) is 0 Å². The molecule has 2 N–H and O–H groups in total. The summed E-state index contributed by atoms with van der Waals surface area (Å²) in [6.07, 6.45) is 0. The summed E-state index contributed by atoms with van der Waals surface area (Å²) in [4.78, 5) is 10.8. The molecule has 1 amide bonds. The molecule has 6 nitrogen and oxygen atoms in total. The van der Waals surface area contributed by atoms with Crippen LogP contribution in [0.25, 0.3) is 0 Å². The maximum atomic E-state index is 10.8. The van der Waals surface area contributed by atoms with Gasteiger partial charge in [0.25, 0.3) is 0 Å². The molecular weight excluding hydrogens is 260 g/mol. The number of ether oxygens (including phenoxy) is 3. The van der Waals surface area contributed by atoms with Gasteiger partial charge in [-0.05, 0) is 0 Å². The van der Waals surface area contributed by atoms with E-state index in [9.17, 15) is 4.79 Å². The summed E-state index contributed by atoms with van der Waals surface area (Å²) in [5.41, 5.74) is 0.915. The number of amides is 1. The van der Waals surface area contributed by atoms with Crippen molar-refractivity contribution in [1.29, 1.82) is 0 Å². The molecule has 0 unspecified atom stereocenters. The van der Waals surface area contributed by atoms with Crippen molar-refractivity contribution < 1.29 is 19.0 Å². The van der Waals surface area contributed by atoms with E-state index in [0.29, 0.717) is 36.9 Å². The number of nitrogens with one attached hydrogen (secondary N) is 2. The molecule has 0 aliphatic carbocycles. The van der Waals surface area contributed by atoms with Crippen molar-refractivity contribution in [2.75, 3.05) is 34.4 Å². The molecule has 112 valence electrons. The third-order valence-electron chi connectivity index (χ3n) is 2.79. The highest BCUT2D eigenvalue weighted by molar-refractivity contribution is 5.72. The largest absolute Gasteiger partial charge is 0.496 e. The molecule has 1 aromatic carbocycles. The number of rotatable bonds is 8. The average Bonchev–Trinajstić information content (AvgIpc) is 2.46. The van der Waals surface area contributed by atoms with E-state index in [1.54, 1.807) is 21.3 Å². The normalized spacial score (nSPS) is 10.0. The van der Waals surface area contributed by atoms with Gasteiger partial charge in [0, 0.05) is 38.7 Å². The maximum absolute atomic E-state index is 10.8. The van der Waals surface area contributed by atoms with Crippen molar-refractivity contribution in [2.24, 2.45) is 0 Å². The van der Waals surface area contributed by atoms with Gasteiger partial charge in [0.15, 0.2) is 0 Å². The van der Waals surface area contributed by atoms with E-state index in [4.69, 9.17) is 14.2 Å². The van der Waals surface area contributed by atoms with Gasteiger partial charge in [0.2, 0.25) is 5.91 Å². The molecule has 0 aliphatic rings. The molecule has 0 bridgehead atoms. The molecule has 1 rings (SSSR count). The summed E-state index contributed by atoms with van der Waals surface area (Å²) in [7, 11) is 4.81. The van der Waals surface area contributed by atoms with Crippen molar-refractivity contribution in [3.63, 3.8) is 0 Å². The minimum atomic E-state index is -0.0357. The minimum Gasteiger partial charge on any atom is -0.496 e.